The van der Waals surface area contributed by atoms with E-state index in [9.17, 15) is 0 Å². The zero-order chi connectivity index (χ0) is 34.7. The first-order chi connectivity index (χ1) is 25.8. The number of hydrogen-bond donors (Lipinski definition) is 0. The second-order valence-electron chi connectivity index (χ2n) is 12.5. The number of nitrogens with zero attached hydrogens (tertiary/aromatic N) is 5. The Morgan fingerprint density at radius 2 is 0.731 bits per heavy atom. The molecule has 0 spiro atoms. The molecule has 9 rings (SSSR count). The molecule has 0 unspecified atom stereocenters. The van der Waals surface area contributed by atoms with Gasteiger partial charge in [0.25, 0.3) is 0 Å². The van der Waals surface area contributed by atoms with Gasteiger partial charge in [0.1, 0.15) is 0 Å². The molecule has 0 atom stereocenters. The number of pyridine rings is 3. The quantitative estimate of drug-likeness (QED) is 0.169. The molecule has 4 aromatic heterocycles. The van der Waals surface area contributed by atoms with Crippen molar-refractivity contribution in [2.24, 2.45) is 0 Å². The maximum absolute atomic E-state index is 5.52. The molecule has 0 fully saturated rings. The molecule has 0 saturated heterocycles. The molecule has 0 amide bonds. The van der Waals surface area contributed by atoms with Crippen LogP contribution in [0.4, 0.5) is 0 Å². The summed E-state index contributed by atoms with van der Waals surface area (Å²) in [5, 5.41) is 2.33. The van der Waals surface area contributed by atoms with Crippen molar-refractivity contribution >= 4 is 10.8 Å². The van der Waals surface area contributed by atoms with Crippen molar-refractivity contribution in [2.75, 3.05) is 0 Å². The Kier molecular flexibility index (Phi) is 8.12. The van der Waals surface area contributed by atoms with Gasteiger partial charge in [0.2, 0.25) is 0 Å². The zero-order valence-electron chi connectivity index (χ0n) is 28.1. The lowest BCUT2D eigenvalue weighted by Gasteiger charge is -2.17. The lowest BCUT2D eigenvalue weighted by Crippen LogP contribution is -2.01. The largest absolute Gasteiger partial charge is 0.255 e. The molecule has 9 aromatic rings. The van der Waals surface area contributed by atoms with Crippen molar-refractivity contribution in [3.05, 3.63) is 188 Å². The maximum atomic E-state index is 5.52. The second kappa shape index (κ2) is 13.7. The fraction of sp³-hybridized carbons (Fsp3) is 0. The Morgan fingerprint density at radius 1 is 0.250 bits per heavy atom. The summed E-state index contributed by atoms with van der Waals surface area (Å²) in [7, 11) is 0. The molecular formula is C47H31N5. The van der Waals surface area contributed by atoms with E-state index in [1.54, 1.807) is 12.4 Å². The highest BCUT2D eigenvalue weighted by atomic mass is 14.9. The van der Waals surface area contributed by atoms with Gasteiger partial charge in [-0.25, -0.2) is 15.0 Å². The van der Waals surface area contributed by atoms with Gasteiger partial charge in [0, 0.05) is 34.6 Å². The average molecular weight is 666 g/mol. The van der Waals surface area contributed by atoms with Crippen LogP contribution in [0.1, 0.15) is 0 Å². The van der Waals surface area contributed by atoms with Gasteiger partial charge >= 0.3 is 0 Å². The van der Waals surface area contributed by atoms with E-state index < -0.39 is 0 Å². The Balaban J connectivity index is 1.27. The standard InChI is InChI=1S/C47H31N5/c1-3-15-33(16-4-1)44-45(34-17-5-2-6-18-34)52-47(38-25-24-32-14-7-8-19-35(32)28-38)46(51-44)37-21-13-20-36(29-37)39-30-42(40-22-9-11-26-48-40)50-43(31-39)41-23-10-12-27-49-41/h1-31H. The molecule has 0 aliphatic carbocycles. The van der Waals surface area contributed by atoms with Crippen LogP contribution >= 0.6 is 0 Å². The fourth-order valence-corrected chi connectivity index (χ4v) is 6.60. The minimum Gasteiger partial charge on any atom is -0.255 e. The summed E-state index contributed by atoms with van der Waals surface area (Å²) < 4.78 is 0. The van der Waals surface area contributed by atoms with Gasteiger partial charge in [-0.1, -0.05) is 127 Å². The van der Waals surface area contributed by atoms with Crippen molar-refractivity contribution < 1.29 is 0 Å². The summed E-state index contributed by atoms with van der Waals surface area (Å²) in [4.78, 5) is 25.2. The van der Waals surface area contributed by atoms with E-state index in [4.69, 9.17) is 15.0 Å². The zero-order valence-corrected chi connectivity index (χ0v) is 28.1. The number of fused-ring (bicyclic) bond motifs is 1. The van der Waals surface area contributed by atoms with Crippen LogP contribution < -0.4 is 0 Å². The van der Waals surface area contributed by atoms with Crippen LogP contribution in [0, 0.1) is 0 Å². The first-order valence-electron chi connectivity index (χ1n) is 17.2. The van der Waals surface area contributed by atoms with Gasteiger partial charge < -0.3 is 0 Å². The van der Waals surface area contributed by atoms with Crippen molar-refractivity contribution in [3.63, 3.8) is 0 Å². The Labute approximate surface area is 302 Å². The SMILES string of the molecule is c1ccc(-c2nc(-c3cccc(-c4cc(-c5ccccn5)nc(-c5ccccn5)c4)c3)c(-c3ccc4ccccc4c3)nc2-c2ccccc2)cc1. The minimum absolute atomic E-state index is 0.777. The minimum atomic E-state index is 0.777. The third kappa shape index (κ3) is 6.12. The maximum Gasteiger partial charge on any atom is 0.0973 e. The topological polar surface area (TPSA) is 64.5 Å². The molecule has 0 saturated carbocycles. The van der Waals surface area contributed by atoms with Gasteiger partial charge in [-0.15, -0.1) is 0 Å². The number of aromatic nitrogens is 5. The number of rotatable bonds is 7. The lowest BCUT2D eigenvalue weighted by molar-refractivity contribution is 1.21. The highest BCUT2D eigenvalue weighted by Crippen LogP contribution is 2.39. The summed E-state index contributed by atoms with van der Waals surface area (Å²) in [5.41, 5.74) is 12.4. The van der Waals surface area contributed by atoms with E-state index in [0.717, 1.165) is 84.3 Å². The van der Waals surface area contributed by atoms with Gasteiger partial charge in [-0.2, -0.15) is 0 Å². The molecule has 52 heavy (non-hydrogen) atoms. The summed E-state index contributed by atoms with van der Waals surface area (Å²) >= 11 is 0. The van der Waals surface area contributed by atoms with E-state index in [0.29, 0.717) is 0 Å². The molecule has 0 N–H and O–H groups in total. The predicted octanol–water partition coefficient (Wildman–Crippen LogP) is 11.5. The summed E-state index contributed by atoms with van der Waals surface area (Å²) in [5.74, 6) is 0. The lowest BCUT2D eigenvalue weighted by atomic mass is 9.95. The Bertz CT molecular complexity index is 2600. The highest BCUT2D eigenvalue weighted by Gasteiger charge is 2.20. The predicted molar refractivity (Wildman–Crippen MR) is 211 cm³/mol. The average Bonchev–Trinajstić information content (AvgIpc) is 3.24. The van der Waals surface area contributed by atoms with Crippen LogP contribution in [-0.2, 0) is 0 Å². The molecule has 5 nitrogen and oxygen atoms in total. The molecule has 5 aromatic carbocycles. The van der Waals surface area contributed by atoms with E-state index >= 15 is 0 Å². The smallest absolute Gasteiger partial charge is 0.0973 e. The third-order valence-corrected chi connectivity index (χ3v) is 9.16. The molecule has 0 aliphatic rings. The first-order valence-corrected chi connectivity index (χ1v) is 17.2. The van der Waals surface area contributed by atoms with Crippen LogP contribution in [-0.4, -0.2) is 24.9 Å². The number of benzene rings is 5. The van der Waals surface area contributed by atoms with Crippen LogP contribution in [0.25, 0.3) is 89.7 Å². The van der Waals surface area contributed by atoms with Crippen LogP contribution in [0.5, 0.6) is 0 Å². The van der Waals surface area contributed by atoms with Crippen molar-refractivity contribution in [3.8, 4) is 78.9 Å². The van der Waals surface area contributed by atoms with E-state index in [-0.39, 0.29) is 0 Å². The second-order valence-corrected chi connectivity index (χ2v) is 12.5. The third-order valence-electron chi connectivity index (χ3n) is 9.16. The van der Waals surface area contributed by atoms with Crippen molar-refractivity contribution in [1.82, 2.24) is 24.9 Å². The summed E-state index contributed by atoms with van der Waals surface area (Å²) in [6.07, 6.45) is 3.59. The normalized spacial score (nSPS) is 11.1. The molecule has 0 aliphatic heterocycles. The molecule has 244 valence electrons. The molecule has 4 heterocycles. The first kappa shape index (κ1) is 30.9. The van der Waals surface area contributed by atoms with E-state index in [1.165, 1.54) is 5.39 Å². The number of hydrogen-bond acceptors (Lipinski definition) is 5. The van der Waals surface area contributed by atoms with Crippen LogP contribution in [0.15, 0.2) is 188 Å². The summed E-state index contributed by atoms with van der Waals surface area (Å²) in [6.45, 7) is 0. The van der Waals surface area contributed by atoms with E-state index in [1.807, 2.05) is 72.8 Å². The molecule has 0 radical (unpaired) electrons. The van der Waals surface area contributed by atoms with Crippen LogP contribution in [0.3, 0.4) is 0 Å². The van der Waals surface area contributed by atoms with Gasteiger partial charge in [-0.05, 0) is 70.4 Å². The summed E-state index contributed by atoms with van der Waals surface area (Å²) in [6, 6.07) is 60.1. The van der Waals surface area contributed by atoms with E-state index in [2.05, 4.69) is 113 Å². The Morgan fingerprint density at radius 3 is 1.31 bits per heavy atom. The van der Waals surface area contributed by atoms with Gasteiger partial charge in [-0.3, -0.25) is 9.97 Å². The van der Waals surface area contributed by atoms with Gasteiger partial charge in [0.05, 0.1) is 45.6 Å². The van der Waals surface area contributed by atoms with Gasteiger partial charge in [0.15, 0.2) is 0 Å². The van der Waals surface area contributed by atoms with Crippen LogP contribution in [0.2, 0.25) is 0 Å². The molecule has 5 heteroatoms. The van der Waals surface area contributed by atoms with Crippen molar-refractivity contribution in [2.45, 2.75) is 0 Å². The Hall–Kier alpha value is -7.11. The molecular weight excluding hydrogens is 635 g/mol. The molecule has 0 bridgehead atoms. The monoisotopic (exact) mass is 665 g/mol. The highest BCUT2D eigenvalue weighted by molar-refractivity contribution is 5.92. The van der Waals surface area contributed by atoms with Crippen molar-refractivity contribution in [1.29, 1.82) is 0 Å². The fourth-order valence-electron chi connectivity index (χ4n) is 6.60.